The van der Waals surface area contributed by atoms with Crippen LogP contribution in [-0.4, -0.2) is 60.2 Å². The zero-order valence-corrected chi connectivity index (χ0v) is 17.5. The first-order chi connectivity index (χ1) is 14.0. The van der Waals surface area contributed by atoms with E-state index in [0.717, 1.165) is 24.5 Å². The molecule has 1 aromatic carbocycles. The molecule has 6 nitrogen and oxygen atoms in total. The number of aryl methyl sites for hydroxylation is 1. The van der Waals surface area contributed by atoms with Gasteiger partial charge in [-0.2, -0.15) is 0 Å². The van der Waals surface area contributed by atoms with Crippen LogP contribution in [0.15, 0.2) is 42.5 Å². The minimum absolute atomic E-state index is 0.00604. The predicted molar refractivity (Wildman–Crippen MR) is 112 cm³/mol. The number of nitrogens with zero attached hydrogens (tertiary/aromatic N) is 2. The van der Waals surface area contributed by atoms with E-state index in [1.165, 1.54) is 16.9 Å². The van der Waals surface area contributed by atoms with Gasteiger partial charge in [-0.3, -0.25) is 19.3 Å². The molecule has 0 spiro atoms. The van der Waals surface area contributed by atoms with Crippen LogP contribution in [0.2, 0.25) is 0 Å². The number of benzene rings is 1. The third-order valence-electron chi connectivity index (χ3n) is 4.90. The van der Waals surface area contributed by atoms with Gasteiger partial charge in [-0.25, -0.2) is 0 Å². The maximum atomic E-state index is 12.3. The quantitative estimate of drug-likeness (QED) is 0.491. The maximum Gasteiger partial charge on any atom is 0.306 e. The number of hydrogen-bond donors (Lipinski definition) is 0. The number of hydrogen-bond acceptors (Lipinski definition) is 6. The molecule has 0 radical (unpaired) electrons. The van der Waals surface area contributed by atoms with Crippen LogP contribution in [0.4, 0.5) is 0 Å². The summed E-state index contributed by atoms with van der Waals surface area (Å²) < 4.78 is 5.08. The van der Waals surface area contributed by atoms with Gasteiger partial charge in [-0.1, -0.05) is 30.3 Å². The molecule has 1 fully saturated rings. The molecule has 0 aliphatic carbocycles. The molecular weight excluding hydrogens is 388 g/mol. The van der Waals surface area contributed by atoms with Gasteiger partial charge >= 0.3 is 5.97 Å². The second-order valence-corrected chi connectivity index (χ2v) is 8.42. The summed E-state index contributed by atoms with van der Waals surface area (Å²) in [6.07, 6.45) is 0.0963. The van der Waals surface area contributed by atoms with Crippen molar-refractivity contribution < 1.29 is 19.1 Å². The van der Waals surface area contributed by atoms with Gasteiger partial charge in [0.25, 0.3) is 5.91 Å². The van der Waals surface area contributed by atoms with Gasteiger partial charge in [0.2, 0.25) is 0 Å². The molecule has 2 aromatic rings. The number of Topliss-reactive ketones (excluding diaryl/α,β-unsaturated/α-hetero) is 1. The van der Waals surface area contributed by atoms with E-state index in [1.54, 1.807) is 11.0 Å². The van der Waals surface area contributed by atoms with Crippen LogP contribution < -0.4 is 0 Å². The van der Waals surface area contributed by atoms with E-state index in [0.29, 0.717) is 18.0 Å². The summed E-state index contributed by atoms with van der Waals surface area (Å²) in [5.74, 6) is -0.762. The number of esters is 1. The van der Waals surface area contributed by atoms with Gasteiger partial charge in [0, 0.05) is 44.0 Å². The molecule has 1 aliphatic heterocycles. The van der Waals surface area contributed by atoms with Crippen LogP contribution in [0.25, 0.3) is 0 Å². The van der Waals surface area contributed by atoms with Crippen LogP contribution in [0.1, 0.15) is 33.0 Å². The molecule has 1 aliphatic rings. The first kappa shape index (κ1) is 21.2. The van der Waals surface area contributed by atoms with Gasteiger partial charge in [-0.15, -0.1) is 11.3 Å². The summed E-state index contributed by atoms with van der Waals surface area (Å²) in [6.45, 7) is 5.38. The van der Waals surface area contributed by atoms with Gasteiger partial charge in [0.15, 0.2) is 12.4 Å². The molecule has 0 N–H and O–H groups in total. The summed E-state index contributed by atoms with van der Waals surface area (Å²) in [5, 5.41) is 0. The van der Waals surface area contributed by atoms with Crippen molar-refractivity contribution in [2.75, 3.05) is 32.8 Å². The van der Waals surface area contributed by atoms with Crippen molar-refractivity contribution in [2.24, 2.45) is 0 Å². The zero-order valence-electron chi connectivity index (χ0n) is 16.6. The number of carbonyl (C=O) groups excluding carboxylic acids is 3. The van der Waals surface area contributed by atoms with Gasteiger partial charge in [-0.05, 0) is 24.6 Å². The molecule has 3 rings (SSSR count). The Balaban J connectivity index is 1.33. The van der Waals surface area contributed by atoms with Crippen LogP contribution >= 0.6 is 11.3 Å². The first-order valence-electron chi connectivity index (χ1n) is 9.80. The molecule has 1 saturated heterocycles. The third-order valence-corrected chi connectivity index (χ3v) is 5.94. The Kier molecular flexibility index (Phi) is 7.55. The van der Waals surface area contributed by atoms with Crippen molar-refractivity contribution >= 4 is 29.0 Å². The van der Waals surface area contributed by atoms with Crippen molar-refractivity contribution in [3.8, 4) is 0 Å². The average Bonchev–Trinajstić information content (AvgIpc) is 3.18. The van der Waals surface area contributed by atoms with Gasteiger partial charge in [0.1, 0.15) is 0 Å². The fraction of sp³-hybridized carbons (Fsp3) is 0.409. The van der Waals surface area contributed by atoms with Crippen molar-refractivity contribution in [2.45, 2.75) is 26.3 Å². The highest BCUT2D eigenvalue weighted by Gasteiger charge is 2.22. The predicted octanol–water partition coefficient (Wildman–Crippen LogP) is 2.91. The number of thiophene rings is 1. The molecular formula is C22H26N2O4S. The van der Waals surface area contributed by atoms with Crippen molar-refractivity contribution in [1.29, 1.82) is 0 Å². The zero-order chi connectivity index (χ0) is 20.6. The Bertz CT molecular complexity index is 842. The van der Waals surface area contributed by atoms with E-state index in [-0.39, 0.29) is 31.1 Å². The maximum absolute atomic E-state index is 12.3. The summed E-state index contributed by atoms with van der Waals surface area (Å²) in [4.78, 5) is 42.0. The number of piperazine rings is 1. The summed E-state index contributed by atoms with van der Waals surface area (Å²) in [7, 11) is 0. The molecule has 29 heavy (non-hydrogen) atoms. The number of ketones is 1. The molecule has 1 amide bonds. The summed E-state index contributed by atoms with van der Waals surface area (Å²) in [5.41, 5.74) is 1.26. The van der Waals surface area contributed by atoms with Crippen LogP contribution in [-0.2, 0) is 20.9 Å². The lowest BCUT2D eigenvalue weighted by molar-refractivity contribution is -0.152. The normalized spacial score (nSPS) is 14.6. The minimum Gasteiger partial charge on any atom is -0.456 e. The number of ether oxygens (including phenoxy) is 1. The molecule has 2 heterocycles. The molecule has 7 heteroatoms. The smallest absolute Gasteiger partial charge is 0.306 e. The summed E-state index contributed by atoms with van der Waals surface area (Å²) >= 11 is 1.42. The fourth-order valence-electron chi connectivity index (χ4n) is 3.23. The molecule has 0 bridgehead atoms. The monoisotopic (exact) mass is 414 g/mol. The Labute approximate surface area is 175 Å². The number of carbonyl (C=O) groups is 3. The lowest BCUT2D eigenvalue weighted by Gasteiger charge is -2.34. The topological polar surface area (TPSA) is 66.9 Å². The highest BCUT2D eigenvalue weighted by molar-refractivity contribution is 7.14. The second kappa shape index (κ2) is 10.3. The molecule has 0 atom stereocenters. The SMILES string of the molecule is Cc1ccc(C(=O)CCC(=O)OCC(=O)N2CCN(Cc3ccccc3)CC2)s1. The Hall–Kier alpha value is -2.51. The third kappa shape index (κ3) is 6.51. The highest BCUT2D eigenvalue weighted by atomic mass is 32.1. The van der Waals surface area contributed by atoms with Crippen molar-refractivity contribution in [3.63, 3.8) is 0 Å². The Morgan fingerprint density at radius 1 is 0.966 bits per heavy atom. The Morgan fingerprint density at radius 3 is 2.34 bits per heavy atom. The van der Waals surface area contributed by atoms with Crippen LogP contribution in [0.3, 0.4) is 0 Å². The second-order valence-electron chi connectivity index (χ2n) is 7.14. The van der Waals surface area contributed by atoms with E-state index < -0.39 is 5.97 Å². The summed E-state index contributed by atoms with van der Waals surface area (Å²) in [6, 6.07) is 13.9. The van der Waals surface area contributed by atoms with Crippen LogP contribution in [0.5, 0.6) is 0 Å². The Morgan fingerprint density at radius 2 is 1.69 bits per heavy atom. The molecule has 1 aromatic heterocycles. The largest absolute Gasteiger partial charge is 0.456 e. The highest BCUT2D eigenvalue weighted by Crippen LogP contribution is 2.17. The lowest BCUT2D eigenvalue weighted by Crippen LogP contribution is -2.49. The van der Waals surface area contributed by atoms with Gasteiger partial charge in [0.05, 0.1) is 11.3 Å². The van der Waals surface area contributed by atoms with E-state index in [1.807, 2.05) is 31.2 Å². The van der Waals surface area contributed by atoms with E-state index in [9.17, 15) is 14.4 Å². The first-order valence-corrected chi connectivity index (χ1v) is 10.6. The van der Waals surface area contributed by atoms with E-state index >= 15 is 0 Å². The molecule has 154 valence electrons. The van der Waals surface area contributed by atoms with E-state index in [2.05, 4.69) is 17.0 Å². The van der Waals surface area contributed by atoms with E-state index in [4.69, 9.17) is 4.74 Å². The van der Waals surface area contributed by atoms with Gasteiger partial charge < -0.3 is 9.64 Å². The standard InChI is InChI=1S/C22H26N2O4S/c1-17-7-9-20(29-17)19(25)8-10-22(27)28-16-21(26)24-13-11-23(12-14-24)15-18-5-3-2-4-6-18/h2-7,9H,8,10-16H2,1H3. The molecule has 0 unspecified atom stereocenters. The lowest BCUT2D eigenvalue weighted by atomic mass is 10.2. The molecule has 0 saturated carbocycles. The van der Waals surface area contributed by atoms with Crippen molar-refractivity contribution in [1.82, 2.24) is 9.80 Å². The number of rotatable bonds is 8. The van der Waals surface area contributed by atoms with Crippen LogP contribution in [0, 0.1) is 6.92 Å². The fourth-order valence-corrected chi connectivity index (χ4v) is 4.06. The number of amides is 1. The average molecular weight is 415 g/mol. The van der Waals surface area contributed by atoms with Crippen molar-refractivity contribution in [3.05, 3.63) is 57.8 Å². The minimum atomic E-state index is -0.511.